The molecular weight excluding hydrogens is 253 g/mol. The number of nitrogens with zero attached hydrogens (tertiary/aromatic N) is 1. The van der Waals surface area contributed by atoms with Gasteiger partial charge in [0.05, 0.1) is 5.56 Å². The van der Waals surface area contributed by atoms with Crippen molar-refractivity contribution in [2.24, 2.45) is 7.05 Å². The maximum atomic E-state index is 12.8. The number of alkyl halides is 3. The predicted molar refractivity (Wildman–Crippen MR) is 67.4 cm³/mol. The van der Waals surface area contributed by atoms with Gasteiger partial charge < -0.3 is 9.88 Å². The van der Waals surface area contributed by atoms with Crippen molar-refractivity contribution >= 4 is 0 Å². The summed E-state index contributed by atoms with van der Waals surface area (Å²) in [5, 5.41) is 3.03. The Morgan fingerprint density at radius 1 is 1.11 bits per heavy atom. The second kappa shape index (κ2) is 5.48. The molecule has 1 N–H and O–H groups in total. The van der Waals surface area contributed by atoms with Crippen LogP contribution in [0.1, 0.15) is 16.7 Å². The van der Waals surface area contributed by atoms with Crippen LogP contribution in [0.4, 0.5) is 13.2 Å². The van der Waals surface area contributed by atoms with E-state index < -0.39 is 11.7 Å². The molecule has 0 atom stereocenters. The zero-order valence-electron chi connectivity index (χ0n) is 10.5. The van der Waals surface area contributed by atoms with Crippen LogP contribution in [0.25, 0.3) is 0 Å². The van der Waals surface area contributed by atoms with Gasteiger partial charge in [-0.2, -0.15) is 13.2 Å². The third-order valence-corrected chi connectivity index (χ3v) is 2.86. The Morgan fingerprint density at radius 3 is 2.47 bits per heavy atom. The zero-order chi connectivity index (χ0) is 13.9. The summed E-state index contributed by atoms with van der Waals surface area (Å²) in [7, 11) is 1.91. The Kier molecular flexibility index (Phi) is 3.95. The lowest BCUT2D eigenvalue weighted by atomic mass is 10.1. The van der Waals surface area contributed by atoms with Crippen molar-refractivity contribution in [3.63, 3.8) is 0 Å². The quantitative estimate of drug-likeness (QED) is 0.900. The van der Waals surface area contributed by atoms with E-state index in [2.05, 4.69) is 5.32 Å². The Labute approximate surface area is 109 Å². The summed E-state index contributed by atoms with van der Waals surface area (Å²) in [5.74, 6) is 0. The second-order valence-electron chi connectivity index (χ2n) is 4.44. The minimum Gasteiger partial charge on any atom is -0.357 e. The number of aromatic nitrogens is 1. The number of aryl methyl sites for hydroxylation is 1. The predicted octanol–water partition coefficient (Wildman–Crippen LogP) is 3.33. The fourth-order valence-corrected chi connectivity index (χ4v) is 1.96. The molecule has 0 bridgehead atoms. The van der Waals surface area contributed by atoms with Crippen molar-refractivity contribution in [2.75, 3.05) is 0 Å². The molecule has 0 saturated heterocycles. The molecule has 0 spiro atoms. The van der Waals surface area contributed by atoms with Crippen molar-refractivity contribution in [1.82, 2.24) is 9.88 Å². The van der Waals surface area contributed by atoms with E-state index >= 15 is 0 Å². The van der Waals surface area contributed by atoms with Crippen molar-refractivity contribution in [3.05, 3.63) is 59.4 Å². The van der Waals surface area contributed by atoms with Crippen molar-refractivity contribution in [3.8, 4) is 0 Å². The van der Waals surface area contributed by atoms with E-state index in [1.807, 2.05) is 30.1 Å². The van der Waals surface area contributed by atoms with Gasteiger partial charge in [0.25, 0.3) is 0 Å². The topological polar surface area (TPSA) is 17.0 Å². The molecule has 2 rings (SSSR count). The first-order valence-corrected chi connectivity index (χ1v) is 5.93. The molecule has 0 aliphatic carbocycles. The number of hydrogen-bond donors (Lipinski definition) is 1. The monoisotopic (exact) mass is 268 g/mol. The largest absolute Gasteiger partial charge is 0.416 e. The average molecular weight is 268 g/mol. The van der Waals surface area contributed by atoms with E-state index in [0.717, 1.165) is 11.6 Å². The van der Waals surface area contributed by atoms with Crippen LogP contribution in [0.3, 0.4) is 0 Å². The molecular formula is C14H15F3N2. The lowest BCUT2D eigenvalue weighted by Crippen LogP contribution is -2.17. The molecule has 1 aromatic carbocycles. The molecule has 0 aliphatic rings. The van der Waals surface area contributed by atoms with E-state index in [4.69, 9.17) is 0 Å². The van der Waals surface area contributed by atoms with Gasteiger partial charge in [0.2, 0.25) is 0 Å². The summed E-state index contributed by atoms with van der Waals surface area (Å²) in [4.78, 5) is 0. The molecule has 2 aromatic rings. The van der Waals surface area contributed by atoms with Gasteiger partial charge in [-0.3, -0.25) is 0 Å². The molecule has 0 saturated carbocycles. The molecule has 0 fully saturated rings. The lowest BCUT2D eigenvalue weighted by Gasteiger charge is -2.12. The van der Waals surface area contributed by atoms with Crippen LogP contribution in [0, 0.1) is 0 Å². The molecule has 0 amide bonds. The van der Waals surface area contributed by atoms with Crippen LogP contribution in [0.5, 0.6) is 0 Å². The smallest absolute Gasteiger partial charge is 0.357 e. The first kappa shape index (κ1) is 13.7. The first-order chi connectivity index (χ1) is 8.97. The SMILES string of the molecule is Cn1ccc(CNCc2ccccc2C(F)(F)F)c1. The summed E-state index contributed by atoms with van der Waals surface area (Å²) in [5.41, 5.74) is 0.744. The van der Waals surface area contributed by atoms with Gasteiger partial charge in [0, 0.05) is 32.5 Å². The number of hydrogen-bond acceptors (Lipinski definition) is 1. The Morgan fingerprint density at radius 2 is 1.84 bits per heavy atom. The van der Waals surface area contributed by atoms with Gasteiger partial charge in [0.1, 0.15) is 0 Å². The van der Waals surface area contributed by atoms with Crippen molar-refractivity contribution in [1.29, 1.82) is 0 Å². The van der Waals surface area contributed by atoms with Crippen molar-refractivity contribution in [2.45, 2.75) is 19.3 Å². The van der Waals surface area contributed by atoms with E-state index in [1.54, 1.807) is 6.07 Å². The van der Waals surface area contributed by atoms with Gasteiger partial charge in [-0.1, -0.05) is 18.2 Å². The highest BCUT2D eigenvalue weighted by atomic mass is 19.4. The highest BCUT2D eigenvalue weighted by molar-refractivity contribution is 5.29. The third kappa shape index (κ3) is 3.61. The number of halogens is 3. The Balaban J connectivity index is 2.00. The van der Waals surface area contributed by atoms with Crippen LogP contribution in [-0.4, -0.2) is 4.57 Å². The van der Waals surface area contributed by atoms with Gasteiger partial charge in [0.15, 0.2) is 0 Å². The van der Waals surface area contributed by atoms with Crippen LogP contribution >= 0.6 is 0 Å². The maximum absolute atomic E-state index is 12.8. The summed E-state index contributed by atoms with van der Waals surface area (Å²) in [6.07, 6.45) is -0.464. The van der Waals surface area contributed by atoms with E-state index in [1.165, 1.54) is 12.1 Å². The number of nitrogens with one attached hydrogen (secondary N) is 1. The van der Waals surface area contributed by atoms with Gasteiger partial charge in [-0.15, -0.1) is 0 Å². The summed E-state index contributed by atoms with van der Waals surface area (Å²) < 4.78 is 40.2. The lowest BCUT2D eigenvalue weighted by molar-refractivity contribution is -0.138. The van der Waals surface area contributed by atoms with Gasteiger partial charge in [-0.05, 0) is 23.3 Å². The van der Waals surface area contributed by atoms with Crippen LogP contribution in [-0.2, 0) is 26.3 Å². The highest BCUT2D eigenvalue weighted by Gasteiger charge is 2.32. The Bertz CT molecular complexity index is 544. The molecule has 5 heteroatoms. The third-order valence-electron chi connectivity index (χ3n) is 2.86. The number of rotatable bonds is 4. The molecule has 0 aliphatic heterocycles. The van der Waals surface area contributed by atoms with Crippen LogP contribution in [0.2, 0.25) is 0 Å². The maximum Gasteiger partial charge on any atom is 0.416 e. The van der Waals surface area contributed by atoms with E-state index in [-0.39, 0.29) is 12.1 Å². The zero-order valence-corrected chi connectivity index (χ0v) is 10.5. The molecule has 19 heavy (non-hydrogen) atoms. The van der Waals surface area contributed by atoms with E-state index in [0.29, 0.717) is 6.54 Å². The first-order valence-electron chi connectivity index (χ1n) is 5.93. The normalized spacial score (nSPS) is 11.8. The van der Waals surface area contributed by atoms with Gasteiger partial charge >= 0.3 is 6.18 Å². The van der Waals surface area contributed by atoms with Crippen LogP contribution in [0.15, 0.2) is 42.7 Å². The summed E-state index contributed by atoms with van der Waals surface area (Å²) in [6, 6.07) is 7.57. The minimum absolute atomic E-state index is 0.199. The Hall–Kier alpha value is -1.75. The molecule has 0 radical (unpaired) electrons. The summed E-state index contributed by atoms with van der Waals surface area (Å²) >= 11 is 0. The summed E-state index contributed by atoms with van der Waals surface area (Å²) in [6.45, 7) is 0.748. The van der Waals surface area contributed by atoms with E-state index in [9.17, 15) is 13.2 Å². The highest BCUT2D eigenvalue weighted by Crippen LogP contribution is 2.31. The number of benzene rings is 1. The average Bonchev–Trinajstić information content (AvgIpc) is 2.74. The van der Waals surface area contributed by atoms with Crippen LogP contribution < -0.4 is 5.32 Å². The molecule has 2 nitrogen and oxygen atoms in total. The fourth-order valence-electron chi connectivity index (χ4n) is 1.96. The molecule has 1 aromatic heterocycles. The molecule has 0 unspecified atom stereocenters. The van der Waals surface area contributed by atoms with Gasteiger partial charge in [-0.25, -0.2) is 0 Å². The minimum atomic E-state index is -4.30. The molecule has 102 valence electrons. The fraction of sp³-hybridized carbons (Fsp3) is 0.286. The molecule has 1 heterocycles. The second-order valence-corrected chi connectivity index (χ2v) is 4.44. The standard InChI is InChI=1S/C14H15F3N2/c1-19-7-6-11(10-19)8-18-9-12-4-2-3-5-13(12)14(15,16)17/h2-7,10,18H,8-9H2,1H3. The van der Waals surface area contributed by atoms with Crippen molar-refractivity contribution < 1.29 is 13.2 Å².